The lowest BCUT2D eigenvalue weighted by Gasteiger charge is -2.20. The van der Waals surface area contributed by atoms with Gasteiger partial charge in [0.2, 0.25) is 5.78 Å². The molecular weight excluding hydrogens is 354 g/mol. The zero-order valence-electron chi connectivity index (χ0n) is 14.8. The second kappa shape index (κ2) is 6.06. The van der Waals surface area contributed by atoms with E-state index in [9.17, 15) is 9.59 Å². The standard InChI is InChI=1S/C22H13N3O3/c1-28-22(27)20-15(12-6-3-2-4-7-12)13-9-11-24-18-16(13)19(25-20)21(26)14-8-5-10-23-17(14)18/h2-11H,1H3. The Morgan fingerprint density at radius 2 is 1.68 bits per heavy atom. The molecule has 134 valence electrons. The van der Waals surface area contributed by atoms with Crippen molar-refractivity contribution in [3.63, 3.8) is 0 Å². The highest BCUT2D eigenvalue weighted by Gasteiger charge is 2.32. The number of methoxy groups -OCH3 is 1. The molecule has 0 fully saturated rings. The number of pyridine rings is 3. The van der Waals surface area contributed by atoms with Gasteiger partial charge < -0.3 is 4.74 Å². The molecule has 0 atom stereocenters. The molecule has 6 heteroatoms. The Kier molecular flexibility index (Phi) is 3.52. The largest absolute Gasteiger partial charge is 0.464 e. The first-order chi connectivity index (χ1) is 13.7. The van der Waals surface area contributed by atoms with Gasteiger partial charge in [0.25, 0.3) is 0 Å². The summed E-state index contributed by atoms with van der Waals surface area (Å²) in [6, 6.07) is 14.6. The number of hydrogen-bond acceptors (Lipinski definition) is 6. The molecule has 0 radical (unpaired) electrons. The van der Waals surface area contributed by atoms with Crippen LogP contribution in [-0.4, -0.2) is 33.8 Å². The fourth-order valence-electron chi connectivity index (χ4n) is 3.65. The monoisotopic (exact) mass is 367 g/mol. The lowest BCUT2D eigenvalue weighted by Crippen LogP contribution is -2.18. The normalized spacial score (nSPS) is 12.0. The van der Waals surface area contributed by atoms with Gasteiger partial charge in [0.1, 0.15) is 11.4 Å². The lowest BCUT2D eigenvalue weighted by atomic mass is 9.88. The van der Waals surface area contributed by atoms with Gasteiger partial charge in [-0.1, -0.05) is 30.3 Å². The van der Waals surface area contributed by atoms with Crippen LogP contribution >= 0.6 is 0 Å². The van der Waals surface area contributed by atoms with Crippen molar-refractivity contribution in [1.29, 1.82) is 0 Å². The number of esters is 1. The summed E-state index contributed by atoms with van der Waals surface area (Å²) in [5.41, 5.74) is 3.25. The van der Waals surface area contributed by atoms with Crippen LogP contribution in [0.25, 0.3) is 33.3 Å². The number of rotatable bonds is 2. The van der Waals surface area contributed by atoms with Gasteiger partial charge in [-0.2, -0.15) is 0 Å². The molecule has 0 saturated heterocycles. The Labute approximate surface area is 159 Å². The van der Waals surface area contributed by atoms with Crippen molar-refractivity contribution in [1.82, 2.24) is 15.0 Å². The molecule has 0 bridgehead atoms. The van der Waals surface area contributed by atoms with E-state index in [0.29, 0.717) is 33.3 Å². The first-order valence-corrected chi connectivity index (χ1v) is 8.67. The number of nitrogens with zero attached hydrogens (tertiary/aromatic N) is 3. The summed E-state index contributed by atoms with van der Waals surface area (Å²) in [7, 11) is 1.30. The Morgan fingerprint density at radius 1 is 0.893 bits per heavy atom. The first kappa shape index (κ1) is 16.3. The van der Waals surface area contributed by atoms with Crippen LogP contribution in [0.2, 0.25) is 0 Å². The lowest BCUT2D eigenvalue weighted by molar-refractivity contribution is 0.0595. The maximum absolute atomic E-state index is 13.1. The van der Waals surface area contributed by atoms with Gasteiger partial charge in [0, 0.05) is 23.3 Å². The molecule has 3 aromatic heterocycles. The Balaban J connectivity index is 1.98. The van der Waals surface area contributed by atoms with Gasteiger partial charge in [-0.3, -0.25) is 14.8 Å². The van der Waals surface area contributed by atoms with Crippen LogP contribution < -0.4 is 0 Å². The van der Waals surface area contributed by atoms with Crippen molar-refractivity contribution in [3.05, 3.63) is 77.9 Å². The summed E-state index contributed by atoms with van der Waals surface area (Å²) in [6.45, 7) is 0. The fraction of sp³-hybridized carbons (Fsp3) is 0.0455. The predicted octanol–water partition coefficient (Wildman–Crippen LogP) is 3.69. The summed E-state index contributed by atoms with van der Waals surface area (Å²) >= 11 is 0. The molecule has 0 saturated carbocycles. The molecule has 0 unspecified atom stereocenters. The zero-order valence-corrected chi connectivity index (χ0v) is 14.8. The number of hydrogen-bond donors (Lipinski definition) is 0. The van der Waals surface area contributed by atoms with E-state index in [1.165, 1.54) is 7.11 Å². The predicted molar refractivity (Wildman–Crippen MR) is 103 cm³/mol. The molecule has 5 rings (SSSR count). The maximum Gasteiger partial charge on any atom is 0.357 e. The number of aromatic nitrogens is 3. The summed E-state index contributed by atoms with van der Waals surface area (Å²) in [4.78, 5) is 39.0. The number of fused-ring (bicyclic) bond motifs is 2. The topological polar surface area (TPSA) is 82.0 Å². The highest BCUT2D eigenvalue weighted by atomic mass is 16.5. The van der Waals surface area contributed by atoms with E-state index in [1.807, 2.05) is 30.3 Å². The molecule has 1 aliphatic carbocycles. The van der Waals surface area contributed by atoms with Gasteiger partial charge >= 0.3 is 5.97 Å². The van der Waals surface area contributed by atoms with Crippen LogP contribution in [0.1, 0.15) is 26.5 Å². The molecule has 0 aliphatic heterocycles. The third kappa shape index (κ3) is 2.18. The van der Waals surface area contributed by atoms with Crippen molar-refractivity contribution in [2.45, 2.75) is 0 Å². The van der Waals surface area contributed by atoms with Crippen molar-refractivity contribution in [2.75, 3.05) is 7.11 Å². The van der Waals surface area contributed by atoms with Crippen molar-refractivity contribution in [3.8, 4) is 22.5 Å². The van der Waals surface area contributed by atoms with E-state index >= 15 is 0 Å². The third-order valence-corrected chi connectivity index (χ3v) is 4.85. The number of benzene rings is 1. The van der Waals surface area contributed by atoms with E-state index in [4.69, 9.17) is 4.74 Å². The van der Waals surface area contributed by atoms with E-state index in [-0.39, 0.29) is 17.2 Å². The Bertz CT molecular complexity index is 1280. The summed E-state index contributed by atoms with van der Waals surface area (Å²) in [6.07, 6.45) is 3.29. The van der Waals surface area contributed by atoms with Crippen LogP contribution in [0.15, 0.2) is 60.9 Å². The molecule has 6 nitrogen and oxygen atoms in total. The molecule has 3 heterocycles. The zero-order chi connectivity index (χ0) is 19.3. The SMILES string of the molecule is COC(=O)c1nc2c3c(nccc3c1-c1ccccc1)-c1ncccc1C2=O. The van der Waals surface area contributed by atoms with Crippen LogP contribution in [0.3, 0.4) is 0 Å². The highest BCUT2D eigenvalue weighted by Crippen LogP contribution is 2.41. The number of carbonyl (C=O) groups excluding carboxylic acids is 2. The van der Waals surface area contributed by atoms with Gasteiger partial charge in [-0.05, 0) is 29.1 Å². The van der Waals surface area contributed by atoms with E-state index < -0.39 is 5.97 Å². The van der Waals surface area contributed by atoms with Gasteiger partial charge in [0.05, 0.1) is 18.4 Å². The van der Waals surface area contributed by atoms with E-state index in [0.717, 1.165) is 5.56 Å². The molecule has 4 aromatic rings. The Hall–Kier alpha value is -3.93. The second-order valence-corrected chi connectivity index (χ2v) is 6.35. The molecule has 28 heavy (non-hydrogen) atoms. The van der Waals surface area contributed by atoms with Crippen molar-refractivity contribution < 1.29 is 14.3 Å². The average molecular weight is 367 g/mol. The maximum atomic E-state index is 13.1. The Morgan fingerprint density at radius 3 is 2.46 bits per heavy atom. The van der Waals surface area contributed by atoms with Gasteiger partial charge in [0.15, 0.2) is 5.69 Å². The number of ketones is 1. The second-order valence-electron chi connectivity index (χ2n) is 6.35. The van der Waals surface area contributed by atoms with Crippen molar-refractivity contribution in [2.24, 2.45) is 0 Å². The molecule has 0 spiro atoms. The van der Waals surface area contributed by atoms with E-state index in [1.54, 1.807) is 30.6 Å². The number of ether oxygens (including phenoxy) is 1. The summed E-state index contributed by atoms with van der Waals surface area (Å²) in [5.74, 6) is -0.876. The minimum atomic E-state index is -0.597. The highest BCUT2D eigenvalue weighted by molar-refractivity contribution is 6.26. The molecular formula is C22H13N3O3. The third-order valence-electron chi connectivity index (χ3n) is 4.85. The first-order valence-electron chi connectivity index (χ1n) is 8.67. The van der Waals surface area contributed by atoms with Crippen LogP contribution in [0, 0.1) is 0 Å². The minimum absolute atomic E-state index is 0.106. The van der Waals surface area contributed by atoms with Crippen LogP contribution in [-0.2, 0) is 4.74 Å². The average Bonchev–Trinajstić information content (AvgIpc) is 2.76. The number of carbonyl (C=O) groups is 2. The van der Waals surface area contributed by atoms with Gasteiger partial charge in [-0.15, -0.1) is 0 Å². The quantitative estimate of drug-likeness (QED) is 0.443. The summed E-state index contributed by atoms with van der Waals surface area (Å²) < 4.78 is 4.96. The minimum Gasteiger partial charge on any atom is -0.464 e. The molecule has 1 aliphatic rings. The smallest absolute Gasteiger partial charge is 0.357 e. The van der Waals surface area contributed by atoms with Crippen LogP contribution in [0.4, 0.5) is 0 Å². The molecule has 0 N–H and O–H groups in total. The molecule has 1 aromatic carbocycles. The van der Waals surface area contributed by atoms with E-state index in [2.05, 4.69) is 15.0 Å². The van der Waals surface area contributed by atoms with Crippen molar-refractivity contribution >= 4 is 22.5 Å². The van der Waals surface area contributed by atoms with Crippen LogP contribution in [0.5, 0.6) is 0 Å². The molecule has 0 amide bonds. The summed E-state index contributed by atoms with van der Waals surface area (Å²) in [5, 5.41) is 1.32. The van der Waals surface area contributed by atoms with Gasteiger partial charge in [-0.25, -0.2) is 9.78 Å². The fourth-order valence-corrected chi connectivity index (χ4v) is 3.65.